The Morgan fingerprint density at radius 2 is 1.66 bits per heavy atom. The highest BCUT2D eigenvalue weighted by atomic mass is 32.2. The molecule has 1 heterocycles. The van der Waals surface area contributed by atoms with E-state index >= 15 is 0 Å². The maximum Gasteiger partial charge on any atom is 0.303 e. The summed E-state index contributed by atoms with van der Waals surface area (Å²) in [5, 5.41) is 21.1. The number of aliphatic hydroxyl groups is 1. The highest BCUT2D eigenvalue weighted by molar-refractivity contribution is 7.99. The summed E-state index contributed by atoms with van der Waals surface area (Å²) in [7, 11) is 0. The van der Waals surface area contributed by atoms with Gasteiger partial charge in [0.15, 0.2) is 6.29 Å². The van der Waals surface area contributed by atoms with Crippen molar-refractivity contribution in [2.24, 2.45) is 0 Å². The Morgan fingerprint density at radius 3 is 2.39 bits per heavy atom. The summed E-state index contributed by atoms with van der Waals surface area (Å²) in [6.45, 7) is -0.00798. The molecule has 3 atom stereocenters. The van der Waals surface area contributed by atoms with Crippen LogP contribution in [0.2, 0.25) is 0 Å². The second-order valence-electron chi connectivity index (χ2n) is 9.25. The molecule has 7 nitrogen and oxygen atoms in total. The van der Waals surface area contributed by atoms with Crippen molar-refractivity contribution >= 4 is 29.3 Å². The molecule has 0 bridgehead atoms. The molecule has 0 saturated carbocycles. The minimum atomic E-state index is -0.853. The fourth-order valence-electron chi connectivity index (χ4n) is 4.28. The van der Waals surface area contributed by atoms with Crippen LogP contribution < -0.4 is 5.32 Å². The van der Waals surface area contributed by atoms with Crippen LogP contribution in [0.4, 0.5) is 5.69 Å². The number of benzene rings is 3. The summed E-state index contributed by atoms with van der Waals surface area (Å²) in [6, 6.07) is 25.4. The quantitative estimate of drug-likeness (QED) is 0.190. The van der Waals surface area contributed by atoms with E-state index in [9.17, 15) is 14.7 Å². The van der Waals surface area contributed by atoms with Crippen molar-refractivity contribution in [2.45, 2.75) is 62.1 Å². The van der Waals surface area contributed by atoms with Crippen molar-refractivity contribution < 1.29 is 29.3 Å². The lowest BCUT2D eigenvalue weighted by atomic mass is 10.0. The summed E-state index contributed by atoms with van der Waals surface area (Å²) < 4.78 is 12.8. The number of hydrogen-bond donors (Lipinski definition) is 3. The molecule has 1 aliphatic rings. The van der Waals surface area contributed by atoms with Crippen LogP contribution in [-0.4, -0.2) is 33.9 Å². The molecule has 1 fully saturated rings. The van der Waals surface area contributed by atoms with Gasteiger partial charge < -0.3 is 25.0 Å². The average Bonchev–Trinajstić information content (AvgIpc) is 2.95. The Bertz CT molecular complexity index is 1190. The summed E-state index contributed by atoms with van der Waals surface area (Å²) in [5.74, 6) is -0.243. The number of unbranched alkanes of at least 4 members (excludes halogenated alkanes) is 1. The number of anilines is 1. The molecule has 200 valence electrons. The van der Waals surface area contributed by atoms with Crippen molar-refractivity contribution in [2.75, 3.05) is 11.1 Å². The largest absolute Gasteiger partial charge is 0.481 e. The smallest absolute Gasteiger partial charge is 0.303 e. The summed E-state index contributed by atoms with van der Waals surface area (Å²) in [4.78, 5) is 24.2. The molecule has 1 saturated heterocycles. The predicted molar refractivity (Wildman–Crippen MR) is 147 cm³/mol. The summed E-state index contributed by atoms with van der Waals surface area (Å²) in [5.41, 5.74) is 3.32. The van der Waals surface area contributed by atoms with Crippen LogP contribution in [-0.2, 0) is 25.7 Å². The lowest BCUT2D eigenvalue weighted by Crippen LogP contribution is -2.31. The van der Waals surface area contributed by atoms with Gasteiger partial charge >= 0.3 is 5.97 Å². The van der Waals surface area contributed by atoms with Crippen molar-refractivity contribution in [3.8, 4) is 0 Å². The molecule has 3 aromatic carbocycles. The zero-order valence-electron chi connectivity index (χ0n) is 21.1. The fourth-order valence-corrected chi connectivity index (χ4v) is 5.22. The van der Waals surface area contributed by atoms with Crippen molar-refractivity contribution in [3.05, 3.63) is 95.6 Å². The topological polar surface area (TPSA) is 105 Å². The van der Waals surface area contributed by atoms with Gasteiger partial charge in [0.2, 0.25) is 5.91 Å². The number of hydrogen-bond acceptors (Lipinski definition) is 6. The Kier molecular flexibility index (Phi) is 10.3. The standard InChI is InChI=1S/C30H33NO6S/c32-19-21-13-15-22(16-14-21)27-18-25(20-38-26-9-2-1-3-10-26)36-30(37-27)23-7-6-8-24(17-23)31-28(33)11-4-5-12-29(34)35/h1-3,6-10,13-17,25,27,30,32H,4-5,11-12,18-20H2,(H,31,33)(H,34,35)/t25-,27+,30+/m1/s1. The van der Waals surface area contributed by atoms with E-state index in [0.717, 1.165) is 22.4 Å². The summed E-state index contributed by atoms with van der Waals surface area (Å²) >= 11 is 1.74. The van der Waals surface area contributed by atoms with E-state index in [0.29, 0.717) is 24.9 Å². The number of rotatable bonds is 12. The van der Waals surface area contributed by atoms with Crippen LogP contribution in [0.25, 0.3) is 0 Å². The molecule has 0 spiro atoms. The number of carboxylic acids is 1. The van der Waals surface area contributed by atoms with Crippen LogP contribution in [0, 0.1) is 0 Å². The minimum Gasteiger partial charge on any atom is -0.481 e. The van der Waals surface area contributed by atoms with E-state index in [1.807, 2.05) is 66.7 Å². The number of amides is 1. The molecule has 1 amide bonds. The van der Waals surface area contributed by atoms with Crippen LogP contribution in [0.3, 0.4) is 0 Å². The molecule has 0 radical (unpaired) electrons. The lowest BCUT2D eigenvalue weighted by Gasteiger charge is -2.36. The van der Waals surface area contributed by atoms with E-state index in [-0.39, 0.29) is 37.6 Å². The predicted octanol–water partition coefficient (Wildman–Crippen LogP) is 6.10. The Labute approximate surface area is 227 Å². The minimum absolute atomic E-state index is 0.00798. The number of aliphatic carboxylic acids is 1. The number of carbonyl (C=O) groups excluding carboxylic acids is 1. The third kappa shape index (κ3) is 8.43. The molecule has 0 aliphatic carbocycles. The van der Waals surface area contributed by atoms with Gasteiger partial charge in [-0.1, -0.05) is 54.6 Å². The molecular formula is C30H33NO6S. The highest BCUT2D eigenvalue weighted by Crippen LogP contribution is 2.39. The molecule has 0 unspecified atom stereocenters. The van der Waals surface area contributed by atoms with Crippen molar-refractivity contribution in [1.82, 2.24) is 0 Å². The SMILES string of the molecule is O=C(O)CCCCC(=O)Nc1cccc([C@H]2O[C@@H](CSc3ccccc3)C[C@@H](c3ccc(CO)cc3)O2)c1. The number of carbonyl (C=O) groups is 2. The third-order valence-electron chi connectivity index (χ3n) is 6.28. The monoisotopic (exact) mass is 535 g/mol. The van der Waals surface area contributed by atoms with Gasteiger partial charge in [-0.3, -0.25) is 9.59 Å². The Morgan fingerprint density at radius 1 is 0.895 bits per heavy atom. The van der Waals surface area contributed by atoms with Crippen LogP contribution >= 0.6 is 11.8 Å². The molecule has 0 aromatic heterocycles. The van der Waals surface area contributed by atoms with Crippen LogP contribution in [0.15, 0.2) is 83.8 Å². The van der Waals surface area contributed by atoms with Crippen molar-refractivity contribution in [3.63, 3.8) is 0 Å². The first-order chi connectivity index (χ1) is 18.5. The van der Waals surface area contributed by atoms with Crippen LogP contribution in [0.5, 0.6) is 0 Å². The van der Waals surface area contributed by atoms with Gasteiger partial charge in [-0.25, -0.2) is 0 Å². The second kappa shape index (κ2) is 14.1. The molecule has 4 rings (SSSR count). The van der Waals surface area contributed by atoms with Gasteiger partial charge in [0.1, 0.15) is 0 Å². The molecular weight excluding hydrogens is 502 g/mol. The Balaban J connectivity index is 1.45. The van der Waals surface area contributed by atoms with Gasteiger partial charge in [0.05, 0.1) is 18.8 Å². The molecule has 3 N–H and O–H groups in total. The number of aliphatic hydroxyl groups excluding tert-OH is 1. The first-order valence-electron chi connectivity index (χ1n) is 12.8. The normalized spacial score (nSPS) is 19.1. The third-order valence-corrected chi connectivity index (χ3v) is 7.43. The maximum atomic E-state index is 12.4. The summed E-state index contributed by atoms with van der Waals surface area (Å²) in [6.07, 6.45) is 1.15. The maximum absolute atomic E-state index is 12.4. The fraction of sp³-hybridized carbons (Fsp3) is 0.333. The first kappa shape index (κ1) is 27.9. The molecule has 8 heteroatoms. The number of thioether (sulfide) groups is 1. The lowest BCUT2D eigenvalue weighted by molar-refractivity contribution is -0.245. The van der Waals surface area contributed by atoms with Gasteiger partial charge in [-0.2, -0.15) is 0 Å². The van der Waals surface area contributed by atoms with Gasteiger partial charge in [-0.15, -0.1) is 11.8 Å². The van der Waals surface area contributed by atoms with Gasteiger partial charge in [0, 0.05) is 41.2 Å². The zero-order valence-corrected chi connectivity index (χ0v) is 21.9. The van der Waals surface area contributed by atoms with E-state index in [2.05, 4.69) is 17.4 Å². The second-order valence-corrected chi connectivity index (χ2v) is 10.3. The van der Waals surface area contributed by atoms with E-state index < -0.39 is 12.3 Å². The number of nitrogens with one attached hydrogen (secondary N) is 1. The number of carboxylic acid groups (broad SMARTS) is 1. The molecule has 1 aliphatic heterocycles. The highest BCUT2D eigenvalue weighted by Gasteiger charge is 2.32. The van der Waals surface area contributed by atoms with E-state index in [4.69, 9.17) is 14.6 Å². The zero-order chi connectivity index (χ0) is 26.7. The molecule has 3 aromatic rings. The first-order valence-corrected chi connectivity index (χ1v) is 13.8. The van der Waals surface area contributed by atoms with E-state index in [1.54, 1.807) is 11.8 Å². The molecule has 38 heavy (non-hydrogen) atoms. The van der Waals surface area contributed by atoms with Gasteiger partial charge in [-0.05, 0) is 48.2 Å². The number of ether oxygens (including phenoxy) is 2. The van der Waals surface area contributed by atoms with E-state index in [1.165, 1.54) is 4.90 Å². The van der Waals surface area contributed by atoms with Gasteiger partial charge in [0.25, 0.3) is 0 Å². The van der Waals surface area contributed by atoms with Crippen molar-refractivity contribution in [1.29, 1.82) is 0 Å². The average molecular weight is 536 g/mol. The van der Waals surface area contributed by atoms with Crippen LogP contribution in [0.1, 0.15) is 61.2 Å². The Hall–Kier alpha value is -3.17.